The third kappa shape index (κ3) is 9.60. The fourth-order valence-electron chi connectivity index (χ4n) is 2.52. The minimum atomic E-state index is -1.85. The minimum absolute atomic E-state index is 0.198. The molecule has 0 spiro atoms. The fourth-order valence-corrected chi connectivity index (χ4v) is 2.68. The molecular weight excluding hydrogens is 453 g/mol. The summed E-state index contributed by atoms with van der Waals surface area (Å²) in [5, 5.41) is 13.9. The summed E-state index contributed by atoms with van der Waals surface area (Å²) < 4.78 is 7.97. The van der Waals surface area contributed by atoms with Gasteiger partial charge in [0.05, 0.1) is 6.54 Å². The van der Waals surface area contributed by atoms with Crippen molar-refractivity contribution in [3.05, 3.63) is 0 Å². The maximum atomic E-state index is 12.8. The van der Waals surface area contributed by atoms with Crippen molar-refractivity contribution in [2.75, 3.05) is 19.7 Å². The summed E-state index contributed by atoms with van der Waals surface area (Å²) in [7, 11) is 0. The third-order valence-corrected chi connectivity index (χ3v) is 3.95. The largest absolute Gasteiger partial charge is 0.480 e. The quantitative estimate of drug-likeness (QED) is 0.499. The molecule has 0 unspecified atom stereocenters. The Morgan fingerprint density at radius 3 is 2.31 bits per heavy atom. The van der Waals surface area contributed by atoms with E-state index in [1.54, 1.807) is 20.8 Å². The number of alkyl carbamates (subject to hydrolysis) is 2. The molecule has 1 fully saturated rings. The van der Waals surface area contributed by atoms with Gasteiger partial charge in [-0.3, -0.25) is 4.79 Å². The zero-order chi connectivity index (χ0) is 22.4. The molecular formula is C16H24Cl3N3O7. The molecule has 13 heteroatoms. The van der Waals surface area contributed by atoms with Crippen LogP contribution in [0.2, 0.25) is 0 Å². The molecule has 166 valence electrons. The van der Waals surface area contributed by atoms with E-state index in [4.69, 9.17) is 44.3 Å². The zero-order valence-corrected chi connectivity index (χ0v) is 18.4. The van der Waals surface area contributed by atoms with Crippen LogP contribution >= 0.6 is 34.8 Å². The van der Waals surface area contributed by atoms with E-state index in [1.165, 1.54) is 0 Å². The Morgan fingerprint density at radius 2 is 1.79 bits per heavy atom. The van der Waals surface area contributed by atoms with Gasteiger partial charge in [-0.05, 0) is 33.6 Å². The van der Waals surface area contributed by atoms with Gasteiger partial charge in [0, 0.05) is 6.54 Å². The van der Waals surface area contributed by atoms with E-state index in [0.29, 0.717) is 6.42 Å². The average molecular weight is 477 g/mol. The third-order valence-electron chi connectivity index (χ3n) is 3.63. The van der Waals surface area contributed by atoms with Crippen LogP contribution in [0.25, 0.3) is 0 Å². The van der Waals surface area contributed by atoms with Crippen LogP contribution < -0.4 is 10.6 Å². The summed E-state index contributed by atoms with van der Waals surface area (Å²) in [5.74, 6) is -1.86. The van der Waals surface area contributed by atoms with E-state index in [9.17, 15) is 24.3 Å². The van der Waals surface area contributed by atoms with E-state index < -0.39 is 52.1 Å². The topological polar surface area (TPSA) is 134 Å². The maximum absolute atomic E-state index is 12.8. The van der Waals surface area contributed by atoms with Crippen molar-refractivity contribution in [1.82, 2.24) is 15.5 Å². The molecule has 0 saturated carbocycles. The summed E-state index contributed by atoms with van der Waals surface area (Å²) in [6, 6.07) is -2.34. The summed E-state index contributed by atoms with van der Waals surface area (Å²) in [5.41, 5.74) is -0.774. The molecule has 29 heavy (non-hydrogen) atoms. The van der Waals surface area contributed by atoms with Crippen LogP contribution in [0.15, 0.2) is 0 Å². The number of carboxylic acid groups (broad SMARTS) is 1. The van der Waals surface area contributed by atoms with Crippen LogP contribution in [0.1, 0.15) is 33.6 Å². The van der Waals surface area contributed by atoms with Gasteiger partial charge in [-0.15, -0.1) is 0 Å². The van der Waals surface area contributed by atoms with Gasteiger partial charge in [0.1, 0.15) is 24.3 Å². The molecule has 1 saturated heterocycles. The van der Waals surface area contributed by atoms with Gasteiger partial charge >= 0.3 is 18.2 Å². The Bertz CT molecular complexity index is 634. The number of carboxylic acids is 1. The van der Waals surface area contributed by atoms with E-state index in [1.807, 2.05) is 0 Å². The number of nitrogens with zero attached hydrogens (tertiary/aromatic N) is 1. The number of ether oxygens (including phenoxy) is 2. The molecule has 1 aliphatic rings. The minimum Gasteiger partial charge on any atom is -0.480 e. The number of alkyl halides is 3. The molecule has 1 heterocycles. The number of rotatable bonds is 6. The lowest BCUT2D eigenvalue weighted by atomic mass is 10.2. The van der Waals surface area contributed by atoms with Crippen molar-refractivity contribution in [1.29, 1.82) is 0 Å². The molecule has 1 aliphatic heterocycles. The second-order valence-corrected chi connectivity index (χ2v) is 9.81. The summed E-state index contributed by atoms with van der Waals surface area (Å²) >= 11 is 16.5. The second-order valence-electron chi connectivity index (χ2n) is 7.30. The fraction of sp³-hybridized carbons (Fsp3) is 0.750. The lowest BCUT2D eigenvalue weighted by Gasteiger charge is -2.28. The molecule has 2 atom stereocenters. The summed E-state index contributed by atoms with van der Waals surface area (Å²) in [4.78, 5) is 49.1. The molecule has 3 amide bonds. The molecule has 0 radical (unpaired) electrons. The first-order valence-corrected chi connectivity index (χ1v) is 9.83. The molecule has 0 aliphatic carbocycles. The highest BCUT2D eigenvalue weighted by Crippen LogP contribution is 2.26. The molecule has 3 N–H and O–H groups in total. The average Bonchev–Trinajstić information content (AvgIpc) is 3.03. The molecule has 1 rings (SSSR count). The highest BCUT2D eigenvalue weighted by atomic mass is 35.6. The molecule has 0 aromatic heterocycles. The first kappa shape index (κ1) is 25.4. The standard InChI is InChI=1S/C16H24Cl3N3O7/c1-15(2,3)29-13(26)20-7-9(21-14(27)28-8-16(17,18)19)11(23)22-6-4-5-10(22)12(24)25/h9-10H,4-8H2,1-3H3,(H,20,26)(H,21,27)(H,24,25)/t9-,10-/m0/s1. The number of carbonyl (C=O) groups excluding carboxylic acids is 3. The van der Waals surface area contributed by atoms with Crippen molar-refractivity contribution in [3.8, 4) is 0 Å². The van der Waals surface area contributed by atoms with Gasteiger partial charge in [-0.25, -0.2) is 14.4 Å². The smallest absolute Gasteiger partial charge is 0.407 e. The Morgan fingerprint density at radius 1 is 1.17 bits per heavy atom. The lowest BCUT2D eigenvalue weighted by Crippen LogP contribution is -2.56. The van der Waals surface area contributed by atoms with Crippen LogP contribution in [-0.4, -0.2) is 75.2 Å². The predicted octanol–water partition coefficient (Wildman–Crippen LogP) is 2.05. The van der Waals surface area contributed by atoms with Crippen molar-refractivity contribution in [2.45, 2.75) is 55.1 Å². The molecule has 0 bridgehead atoms. The van der Waals surface area contributed by atoms with Crippen molar-refractivity contribution in [2.24, 2.45) is 0 Å². The van der Waals surface area contributed by atoms with Gasteiger partial charge in [0.2, 0.25) is 9.70 Å². The highest BCUT2D eigenvalue weighted by Gasteiger charge is 2.38. The predicted molar refractivity (Wildman–Crippen MR) is 105 cm³/mol. The normalized spacial score (nSPS) is 18.0. The van der Waals surface area contributed by atoms with Crippen molar-refractivity contribution < 1.29 is 33.8 Å². The van der Waals surface area contributed by atoms with Crippen LogP contribution in [-0.2, 0) is 19.1 Å². The Kier molecular flexibility index (Phi) is 9.10. The molecule has 0 aromatic rings. The van der Waals surface area contributed by atoms with E-state index in [-0.39, 0.29) is 19.5 Å². The van der Waals surface area contributed by atoms with E-state index in [2.05, 4.69) is 10.6 Å². The van der Waals surface area contributed by atoms with Gasteiger partial charge in [0.15, 0.2) is 0 Å². The summed E-state index contributed by atoms with van der Waals surface area (Å²) in [6.45, 7) is 4.23. The first-order valence-electron chi connectivity index (χ1n) is 8.70. The van der Waals surface area contributed by atoms with Crippen LogP contribution in [0.3, 0.4) is 0 Å². The van der Waals surface area contributed by atoms with E-state index >= 15 is 0 Å². The number of hydrogen-bond donors (Lipinski definition) is 3. The van der Waals surface area contributed by atoms with Crippen LogP contribution in [0, 0.1) is 0 Å². The number of aliphatic carboxylic acids is 1. The van der Waals surface area contributed by atoms with E-state index in [0.717, 1.165) is 4.90 Å². The zero-order valence-electron chi connectivity index (χ0n) is 16.2. The van der Waals surface area contributed by atoms with Crippen LogP contribution in [0.4, 0.5) is 9.59 Å². The second kappa shape index (κ2) is 10.4. The summed E-state index contributed by atoms with van der Waals surface area (Å²) in [6.07, 6.45) is -1.12. The number of hydrogen-bond acceptors (Lipinski definition) is 6. The number of likely N-dealkylation sites (tertiary alicyclic amines) is 1. The number of carbonyl (C=O) groups is 4. The van der Waals surface area contributed by atoms with Gasteiger partial charge in [-0.1, -0.05) is 34.8 Å². The van der Waals surface area contributed by atoms with Crippen molar-refractivity contribution in [3.63, 3.8) is 0 Å². The molecule has 10 nitrogen and oxygen atoms in total. The Balaban J connectivity index is 2.84. The van der Waals surface area contributed by atoms with Crippen molar-refractivity contribution >= 4 is 58.9 Å². The van der Waals surface area contributed by atoms with Crippen LogP contribution in [0.5, 0.6) is 0 Å². The lowest BCUT2D eigenvalue weighted by molar-refractivity contribution is -0.148. The Labute approximate surface area is 183 Å². The number of nitrogens with one attached hydrogen (secondary N) is 2. The SMILES string of the molecule is CC(C)(C)OC(=O)NC[C@H](NC(=O)OCC(Cl)(Cl)Cl)C(=O)N1CCC[C@H]1C(=O)O. The van der Waals surface area contributed by atoms with Gasteiger partial charge in [0.25, 0.3) is 0 Å². The molecule has 0 aromatic carbocycles. The Hall–Kier alpha value is -1.65. The number of halogens is 3. The maximum Gasteiger partial charge on any atom is 0.407 e. The monoisotopic (exact) mass is 475 g/mol. The van der Waals surface area contributed by atoms with Gasteiger partial charge in [-0.2, -0.15) is 0 Å². The highest BCUT2D eigenvalue weighted by molar-refractivity contribution is 6.67. The number of amides is 3. The van der Waals surface area contributed by atoms with Gasteiger partial charge < -0.3 is 30.1 Å². The first-order chi connectivity index (χ1) is 13.2.